The molecule has 2 N–H and O–H groups in total. The van der Waals surface area contributed by atoms with Crippen molar-refractivity contribution in [3.63, 3.8) is 0 Å². The third-order valence-electron chi connectivity index (χ3n) is 1.06. The molecule has 0 aliphatic heterocycles. The standard InChI is InChI=1S/C3H4N4O6S2/c8-14(9,10)7(15(11,12)13)3-5-1-4-2-6-3/h1-2H,(H,8,9,10)(H,11,12,13). The predicted molar refractivity (Wildman–Crippen MR) is 45.4 cm³/mol. The highest BCUT2D eigenvalue weighted by Gasteiger charge is 2.33. The van der Waals surface area contributed by atoms with E-state index in [4.69, 9.17) is 9.11 Å². The van der Waals surface area contributed by atoms with Crippen molar-refractivity contribution in [2.24, 2.45) is 0 Å². The molecule has 0 radical (unpaired) electrons. The summed E-state index contributed by atoms with van der Waals surface area (Å²) in [6, 6.07) is 0. The Bertz CT molecular complexity index is 505. The van der Waals surface area contributed by atoms with E-state index in [-0.39, 0.29) is 0 Å². The molecule has 0 unspecified atom stereocenters. The molecule has 10 nitrogen and oxygen atoms in total. The first-order valence-corrected chi connectivity index (χ1v) is 5.89. The van der Waals surface area contributed by atoms with Crippen LogP contribution in [-0.4, -0.2) is 40.9 Å². The molecule has 0 bridgehead atoms. The van der Waals surface area contributed by atoms with Crippen molar-refractivity contribution >= 4 is 26.6 Å². The fraction of sp³-hybridized carbons (Fsp3) is 0. The molecule has 12 heteroatoms. The van der Waals surface area contributed by atoms with Crippen molar-refractivity contribution in [1.29, 1.82) is 0 Å². The van der Waals surface area contributed by atoms with Gasteiger partial charge in [-0.2, -0.15) is 26.8 Å². The van der Waals surface area contributed by atoms with Crippen LogP contribution < -0.4 is 3.71 Å². The molecule has 0 saturated heterocycles. The van der Waals surface area contributed by atoms with Gasteiger partial charge in [0.1, 0.15) is 12.7 Å². The largest absolute Gasteiger partial charge is 0.377 e. The van der Waals surface area contributed by atoms with E-state index >= 15 is 0 Å². The van der Waals surface area contributed by atoms with Crippen LogP contribution in [0.4, 0.5) is 5.95 Å². The van der Waals surface area contributed by atoms with E-state index in [2.05, 4.69) is 15.0 Å². The summed E-state index contributed by atoms with van der Waals surface area (Å²) in [7, 11) is -10.5. The lowest BCUT2D eigenvalue weighted by molar-refractivity contribution is 0.464. The first kappa shape index (κ1) is 11.7. The van der Waals surface area contributed by atoms with Gasteiger partial charge >= 0.3 is 20.6 Å². The van der Waals surface area contributed by atoms with E-state index in [1.54, 1.807) is 0 Å². The van der Waals surface area contributed by atoms with E-state index in [1.807, 2.05) is 0 Å². The summed E-state index contributed by atoms with van der Waals surface area (Å²) in [5.74, 6) is -0.949. The average Bonchev–Trinajstić information content (AvgIpc) is 2.00. The number of hydrogen-bond acceptors (Lipinski definition) is 7. The fourth-order valence-electron chi connectivity index (χ4n) is 0.653. The van der Waals surface area contributed by atoms with Crippen LogP contribution in [0.15, 0.2) is 12.7 Å². The minimum Gasteiger partial charge on any atom is -0.268 e. The van der Waals surface area contributed by atoms with Crippen LogP contribution in [0.3, 0.4) is 0 Å². The maximum Gasteiger partial charge on any atom is 0.377 e. The lowest BCUT2D eigenvalue weighted by atomic mass is 11.0. The molecular weight excluding hydrogens is 252 g/mol. The highest BCUT2D eigenvalue weighted by Crippen LogP contribution is 2.12. The Labute approximate surface area is 84.4 Å². The lowest BCUT2D eigenvalue weighted by Crippen LogP contribution is -2.37. The summed E-state index contributed by atoms with van der Waals surface area (Å²) < 4.78 is 58.8. The molecule has 0 aliphatic carbocycles. The van der Waals surface area contributed by atoms with Crippen LogP contribution >= 0.6 is 0 Å². The van der Waals surface area contributed by atoms with Gasteiger partial charge in [0.05, 0.1) is 0 Å². The van der Waals surface area contributed by atoms with Gasteiger partial charge in [-0.1, -0.05) is 3.71 Å². The molecule has 15 heavy (non-hydrogen) atoms. The van der Waals surface area contributed by atoms with Crippen molar-refractivity contribution in [2.45, 2.75) is 0 Å². The van der Waals surface area contributed by atoms with Crippen molar-refractivity contribution in [2.75, 3.05) is 3.71 Å². The Morgan fingerprint density at radius 3 is 1.73 bits per heavy atom. The maximum absolute atomic E-state index is 10.6. The third kappa shape index (κ3) is 2.79. The summed E-state index contributed by atoms with van der Waals surface area (Å²) in [5, 5.41) is 0. The second-order valence-corrected chi connectivity index (χ2v) is 4.84. The molecule has 1 aromatic heterocycles. The topological polar surface area (TPSA) is 151 Å². The third-order valence-corrected chi connectivity index (χ3v) is 3.36. The molecule has 1 aromatic rings. The summed E-state index contributed by atoms with van der Waals surface area (Å²) in [5.41, 5.74) is 0. The zero-order valence-electron chi connectivity index (χ0n) is 6.79. The van der Waals surface area contributed by atoms with Gasteiger partial charge in [0.15, 0.2) is 0 Å². The minimum absolute atomic E-state index is 0.748. The van der Waals surface area contributed by atoms with E-state index in [0.29, 0.717) is 0 Å². The van der Waals surface area contributed by atoms with Gasteiger partial charge in [0, 0.05) is 0 Å². The van der Waals surface area contributed by atoms with Crippen LogP contribution in [0.5, 0.6) is 0 Å². The van der Waals surface area contributed by atoms with Crippen molar-refractivity contribution in [3.05, 3.63) is 12.7 Å². The molecule has 0 aromatic carbocycles. The van der Waals surface area contributed by atoms with E-state index < -0.39 is 30.3 Å². The van der Waals surface area contributed by atoms with Crippen LogP contribution in [0.2, 0.25) is 0 Å². The number of aromatic nitrogens is 3. The van der Waals surface area contributed by atoms with E-state index in [9.17, 15) is 16.8 Å². The zero-order chi connectivity index (χ0) is 11.7. The van der Waals surface area contributed by atoms with Gasteiger partial charge in [-0.25, -0.2) is 4.98 Å². The molecule has 84 valence electrons. The summed E-state index contributed by atoms with van der Waals surface area (Å²) in [4.78, 5) is 9.56. The Morgan fingerprint density at radius 2 is 1.40 bits per heavy atom. The molecular formula is C3H4N4O6S2. The fourth-order valence-corrected chi connectivity index (χ4v) is 2.21. The van der Waals surface area contributed by atoms with Gasteiger partial charge in [0.2, 0.25) is 0 Å². The molecule has 0 spiro atoms. The SMILES string of the molecule is O=S(=O)(O)N(c1ncncn1)S(=O)(=O)O. The van der Waals surface area contributed by atoms with E-state index in [1.165, 1.54) is 0 Å². The van der Waals surface area contributed by atoms with Gasteiger partial charge in [0.25, 0.3) is 5.95 Å². The normalized spacial score (nSPS) is 12.4. The molecule has 0 fully saturated rings. The Balaban J connectivity index is 3.41. The Morgan fingerprint density at radius 1 is 1.00 bits per heavy atom. The first-order valence-electron chi connectivity index (χ1n) is 3.10. The van der Waals surface area contributed by atoms with E-state index in [0.717, 1.165) is 12.7 Å². The summed E-state index contributed by atoms with van der Waals surface area (Å²) >= 11 is 0. The Hall–Kier alpha value is -1.37. The van der Waals surface area contributed by atoms with Gasteiger partial charge in [-0.3, -0.25) is 9.11 Å². The van der Waals surface area contributed by atoms with Crippen molar-refractivity contribution < 1.29 is 25.9 Å². The number of anilines is 1. The second-order valence-electron chi connectivity index (χ2n) is 2.09. The van der Waals surface area contributed by atoms with Crippen LogP contribution in [0.1, 0.15) is 0 Å². The smallest absolute Gasteiger partial charge is 0.268 e. The van der Waals surface area contributed by atoms with Crippen LogP contribution in [-0.2, 0) is 20.6 Å². The zero-order valence-corrected chi connectivity index (χ0v) is 8.42. The molecule has 0 aliphatic rings. The second kappa shape index (κ2) is 3.65. The van der Waals surface area contributed by atoms with Crippen LogP contribution in [0.25, 0.3) is 0 Å². The minimum atomic E-state index is -5.23. The summed E-state index contributed by atoms with van der Waals surface area (Å²) in [6.07, 6.45) is 1.57. The van der Waals surface area contributed by atoms with Gasteiger partial charge in [-0.05, 0) is 0 Å². The molecule has 0 amide bonds. The highest BCUT2D eigenvalue weighted by atomic mass is 32.3. The van der Waals surface area contributed by atoms with Crippen molar-refractivity contribution in [1.82, 2.24) is 15.0 Å². The lowest BCUT2D eigenvalue weighted by Gasteiger charge is -2.12. The number of rotatable bonds is 3. The van der Waals surface area contributed by atoms with Crippen molar-refractivity contribution in [3.8, 4) is 0 Å². The first-order chi connectivity index (χ1) is 6.73. The molecule has 0 saturated carbocycles. The number of nitrogens with zero attached hydrogens (tertiary/aromatic N) is 4. The Kier molecular flexibility index (Phi) is 2.85. The molecule has 1 heterocycles. The number of hydrogen-bond donors (Lipinski definition) is 2. The average molecular weight is 256 g/mol. The molecule has 1 rings (SSSR count). The maximum atomic E-state index is 10.6. The molecule has 0 atom stereocenters. The predicted octanol–water partition coefficient (Wildman–Crippen LogP) is -1.72. The van der Waals surface area contributed by atoms with Crippen LogP contribution in [0, 0.1) is 0 Å². The monoisotopic (exact) mass is 256 g/mol. The highest BCUT2D eigenvalue weighted by molar-refractivity contribution is 8.05. The summed E-state index contributed by atoms with van der Waals surface area (Å²) in [6.45, 7) is 0. The van der Waals surface area contributed by atoms with Gasteiger partial charge < -0.3 is 0 Å². The van der Waals surface area contributed by atoms with Gasteiger partial charge in [-0.15, -0.1) is 0 Å². The quantitative estimate of drug-likeness (QED) is 0.601.